The molecular weight excluding hydrogens is 547 g/mol. The zero-order valence-corrected chi connectivity index (χ0v) is 20.7. The van der Waals surface area contributed by atoms with E-state index >= 15 is 0 Å². The van der Waals surface area contributed by atoms with Crippen LogP contribution in [0.1, 0.15) is 15.9 Å². The fourth-order valence-electron chi connectivity index (χ4n) is 2.77. The Kier molecular flexibility index (Phi) is 7.55. The zero-order valence-electron chi connectivity index (χ0n) is 16.1. The maximum absolute atomic E-state index is 12.5. The lowest BCUT2D eigenvalue weighted by molar-refractivity contribution is 0.102. The summed E-state index contributed by atoms with van der Waals surface area (Å²) < 4.78 is 26.6. The molecule has 0 unspecified atom stereocenters. The molecule has 0 saturated carbocycles. The minimum Gasteiger partial charge on any atom is -0.322 e. The van der Waals surface area contributed by atoms with E-state index in [1.54, 1.807) is 60.7 Å². The van der Waals surface area contributed by atoms with Gasteiger partial charge in [-0.05, 0) is 64.0 Å². The van der Waals surface area contributed by atoms with E-state index in [1.165, 1.54) is 4.31 Å². The lowest BCUT2D eigenvalue weighted by atomic mass is 10.1. The third kappa shape index (κ3) is 5.93. The first-order valence-electron chi connectivity index (χ1n) is 8.83. The van der Waals surface area contributed by atoms with Gasteiger partial charge >= 0.3 is 0 Å². The first kappa shape index (κ1) is 23.9. The van der Waals surface area contributed by atoms with Crippen molar-refractivity contribution in [2.75, 3.05) is 15.9 Å². The maximum atomic E-state index is 12.5. The molecule has 0 aliphatic heterocycles. The van der Waals surface area contributed by atoms with Gasteiger partial charge in [-0.25, -0.2) is 8.42 Å². The molecule has 3 aromatic carbocycles. The monoisotopic (exact) mass is 560 g/mol. The standard InChI is InChI=1S/C21H16BrCl3N2O3S/c1-31(29,30)27(19-4-2-3-17(23)20(19)25)12-13-5-7-14(8-6-13)21(28)26-15-9-10-16(22)18(24)11-15/h2-11H,12H2,1H3,(H,26,28). The third-order valence-electron chi connectivity index (χ3n) is 4.32. The number of carbonyl (C=O) groups is 1. The Hall–Kier alpha value is -1.77. The molecule has 3 aromatic rings. The first-order valence-corrected chi connectivity index (χ1v) is 12.6. The number of nitrogens with one attached hydrogen (secondary N) is 1. The minimum absolute atomic E-state index is 0.0309. The molecule has 1 amide bonds. The number of benzene rings is 3. The normalized spacial score (nSPS) is 11.3. The van der Waals surface area contributed by atoms with Crippen LogP contribution >= 0.6 is 50.7 Å². The molecule has 0 heterocycles. The van der Waals surface area contributed by atoms with Gasteiger partial charge in [0.15, 0.2) is 0 Å². The summed E-state index contributed by atoms with van der Waals surface area (Å²) in [6.45, 7) is 0.0309. The van der Waals surface area contributed by atoms with Gasteiger partial charge in [-0.15, -0.1) is 0 Å². The minimum atomic E-state index is -3.64. The van der Waals surface area contributed by atoms with Gasteiger partial charge in [0.1, 0.15) is 0 Å². The van der Waals surface area contributed by atoms with Crippen molar-refractivity contribution in [2.45, 2.75) is 6.54 Å². The SMILES string of the molecule is CS(=O)(=O)N(Cc1ccc(C(=O)Nc2ccc(Br)c(Cl)c2)cc1)c1cccc(Cl)c1Cl. The second kappa shape index (κ2) is 9.79. The van der Waals surface area contributed by atoms with Crippen molar-refractivity contribution in [3.8, 4) is 0 Å². The van der Waals surface area contributed by atoms with Crippen molar-refractivity contribution in [1.29, 1.82) is 0 Å². The highest BCUT2D eigenvalue weighted by Gasteiger charge is 2.21. The summed E-state index contributed by atoms with van der Waals surface area (Å²) in [7, 11) is -3.64. The Labute approximate surface area is 204 Å². The number of halogens is 4. The topological polar surface area (TPSA) is 66.5 Å². The van der Waals surface area contributed by atoms with Crippen LogP contribution in [0.15, 0.2) is 65.1 Å². The Morgan fingerprint density at radius 3 is 2.29 bits per heavy atom. The third-order valence-corrected chi connectivity index (χ3v) is 7.49. The van der Waals surface area contributed by atoms with Crippen molar-refractivity contribution < 1.29 is 13.2 Å². The van der Waals surface area contributed by atoms with E-state index in [-0.39, 0.29) is 28.2 Å². The second-order valence-corrected chi connectivity index (χ2v) is 10.6. The molecule has 31 heavy (non-hydrogen) atoms. The highest BCUT2D eigenvalue weighted by molar-refractivity contribution is 9.10. The molecule has 0 aliphatic carbocycles. The van der Waals surface area contributed by atoms with Crippen molar-refractivity contribution in [1.82, 2.24) is 0 Å². The highest BCUT2D eigenvalue weighted by atomic mass is 79.9. The van der Waals surface area contributed by atoms with Crippen LogP contribution in [0.5, 0.6) is 0 Å². The Morgan fingerprint density at radius 2 is 1.68 bits per heavy atom. The van der Waals surface area contributed by atoms with E-state index in [0.717, 1.165) is 10.7 Å². The number of hydrogen-bond acceptors (Lipinski definition) is 3. The number of sulfonamides is 1. The molecule has 1 N–H and O–H groups in total. The average molecular weight is 563 g/mol. The van der Waals surface area contributed by atoms with Gasteiger partial charge < -0.3 is 5.32 Å². The number of amides is 1. The largest absolute Gasteiger partial charge is 0.322 e. The predicted octanol–water partition coefficient (Wildman–Crippen LogP) is 6.63. The molecule has 10 heteroatoms. The Balaban J connectivity index is 1.80. The molecule has 3 rings (SSSR count). The summed E-state index contributed by atoms with van der Waals surface area (Å²) in [6, 6.07) is 16.5. The van der Waals surface area contributed by atoms with Crippen LogP contribution in [0.2, 0.25) is 15.1 Å². The summed E-state index contributed by atoms with van der Waals surface area (Å²) in [5.41, 5.74) is 1.92. The lowest BCUT2D eigenvalue weighted by Gasteiger charge is -2.24. The first-order chi connectivity index (χ1) is 14.6. The van der Waals surface area contributed by atoms with Crippen LogP contribution < -0.4 is 9.62 Å². The van der Waals surface area contributed by atoms with Crippen molar-refractivity contribution in [2.24, 2.45) is 0 Å². The molecule has 0 aromatic heterocycles. The number of nitrogens with zero attached hydrogens (tertiary/aromatic N) is 1. The molecule has 0 spiro atoms. The molecule has 0 radical (unpaired) electrons. The number of carbonyl (C=O) groups excluding carboxylic acids is 1. The molecule has 0 saturated heterocycles. The van der Waals surface area contributed by atoms with Crippen LogP contribution in [0, 0.1) is 0 Å². The number of hydrogen-bond donors (Lipinski definition) is 1. The maximum Gasteiger partial charge on any atom is 0.255 e. The number of rotatable bonds is 6. The summed E-state index contributed by atoms with van der Waals surface area (Å²) in [5.74, 6) is -0.317. The van der Waals surface area contributed by atoms with E-state index in [9.17, 15) is 13.2 Å². The van der Waals surface area contributed by atoms with E-state index in [1.807, 2.05) is 0 Å². The summed E-state index contributed by atoms with van der Waals surface area (Å²) in [6.07, 6.45) is 1.09. The van der Waals surface area contributed by atoms with Gasteiger partial charge in [0.2, 0.25) is 10.0 Å². The average Bonchev–Trinajstić information content (AvgIpc) is 2.71. The van der Waals surface area contributed by atoms with Crippen LogP contribution in [0.25, 0.3) is 0 Å². The van der Waals surface area contributed by atoms with E-state index in [0.29, 0.717) is 21.8 Å². The van der Waals surface area contributed by atoms with Crippen LogP contribution in [0.4, 0.5) is 11.4 Å². The molecular formula is C21H16BrCl3N2O3S. The van der Waals surface area contributed by atoms with Gasteiger partial charge in [-0.2, -0.15) is 0 Å². The van der Waals surface area contributed by atoms with E-state index in [2.05, 4.69) is 21.2 Å². The van der Waals surface area contributed by atoms with Gasteiger partial charge in [0.05, 0.1) is 33.6 Å². The van der Waals surface area contributed by atoms with Gasteiger partial charge in [0.25, 0.3) is 5.91 Å². The summed E-state index contributed by atoms with van der Waals surface area (Å²) in [5, 5.41) is 3.66. The van der Waals surface area contributed by atoms with Crippen molar-refractivity contribution in [3.63, 3.8) is 0 Å². The van der Waals surface area contributed by atoms with Crippen molar-refractivity contribution in [3.05, 3.63) is 91.3 Å². The Morgan fingerprint density at radius 1 is 1.00 bits per heavy atom. The number of anilines is 2. The van der Waals surface area contributed by atoms with Gasteiger partial charge in [0, 0.05) is 15.7 Å². The van der Waals surface area contributed by atoms with E-state index in [4.69, 9.17) is 34.8 Å². The fraction of sp³-hybridized carbons (Fsp3) is 0.0952. The van der Waals surface area contributed by atoms with Gasteiger partial charge in [-0.1, -0.05) is 53.0 Å². The molecule has 162 valence electrons. The van der Waals surface area contributed by atoms with Crippen molar-refractivity contribution >= 4 is 78.0 Å². The molecule has 0 fully saturated rings. The molecule has 0 aliphatic rings. The fourth-order valence-corrected chi connectivity index (χ4v) is 4.54. The molecule has 5 nitrogen and oxygen atoms in total. The molecule has 0 atom stereocenters. The zero-order chi connectivity index (χ0) is 22.8. The summed E-state index contributed by atoms with van der Waals surface area (Å²) in [4.78, 5) is 12.5. The van der Waals surface area contributed by atoms with E-state index < -0.39 is 10.0 Å². The lowest BCUT2D eigenvalue weighted by Crippen LogP contribution is -2.29. The predicted molar refractivity (Wildman–Crippen MR) is 131 cm³/mol. The Bertz CT molecular complexity index is 1240. The van der Waals surface area contributed by atoms with Crippen LogP contribution in [-0.2, 0) is 16.6 Å². The highest BCUT2D eigenvalue weighted by Crippen LogP contribution is 2.34. The quantitative estimate of drug-likeness (QED) is 0.367. The second-order valence-electron chi connectivity index (χ2n) is 6.62. The smallest absolute Gasteiger partial charge is 0.255 e. The summed E-state index contributed by atoms with van der Waals surface area (Å²) >= 11 is 21.6. The van der Waals surface area contributed by atoms with Crippen LogP contribution in [-0.4, -0.2) is 20.6 Å². The van der Waals surface area contributed by atoms with Crippen LogP contribution in [0.3, 0.4) is 0 Å². The molecule has 0 bridgehead atoms. The van der Waals surface area contributed by atoms with Gasteiger partial charge in [-0.3, -0.25) is 9.10 Å².